The molecule has 2 aromatic rings. The number of hydrogen-bond acceptors (Lipinski definition) is 4. The van der Waals surface area contributed by atoms with Gasteiger partial charge in [-0.2, -0.15) is 4.98 Å². The Bertz CT molecular complexity index is 559. The maximum absolute atomic E-state index is 4.52. The minimum Gasteiger partial charge on any atom is -0.354 e. The molecule has 2 N–H and O–H groups in total. The Kier molecular flexibility index (Phi) is 5.55. The SMILES string of the molecule is CCCNc1nccc(Nc2c(CC)cccc2CC)n1. The average molecular weight is 284 g/mol. The van der Waals surface area contributed by atoms with E-state index in [4.69, 9.17) is 0 Å². The van der Waals surface area contributed by atoms with Crippen molar-refractivity contribution in [2.24, 2.45) is 0 Å². The van der Waals surface area contributed by atoms with Crippen molar-refractivity contribution in [3.63, 3.8) is 0 Å². The van der Waals surface area contributed by atoms with Crippen molar-refractivity contribution in [2.45, 2.75) is 40.0 Å². The van der Waals surface area contributed by atoms with Crippen LogP contribution < -0.4 is 10.6 Å². The summed E-state index contributed by atoms with van der Waals surface area (Å²) in [6, 6.07) is 8.36. The summed E-state index contributed by atoms with van der Waals surface area (Å²) < 4.78 is 0. The van der Waals surface area contributed by atoms with Crippen LogP contribution in [0.1, 0.15) is 38.3 Å². The highest BCUT2D eigenvalue weighted by Gasteiger charge is 2.07. The van der Waals surface area contributed by atoms with Gasteiger partial charge in [-0.15, -0.1) is 0 Å². The lowest BCUT2D eigenvalue weighted by Crippen LogP contribution is -2.06. The smallest absolute Gasteiger partial charge is 0.224 e. The number of anilines is 3. The molecule has 0 amide bonds. The van der Waals surface area contributed by atoms with Crippen LogP contribution in [0.2, 0.25) is 0 Å². The summed E-state index contributed by atoms with van der Waals surface area (Å²) in [7, 11) is 0. The largest absolute Gasteiger partial charge is 0.354 e. The van der Waals surface area contributed by atoms with Crippen LogP contribution in [0.3, 0.4) is 0 Å². The normalized spacial score (nSPS) is 10.4. The fraction of sp³-hybridized carbons (Fsp3) is 0.412. The molecule has 21 heavy (non-hydrogen) atoms. The molecule has 4 nitrogen and oxygen atoms in total. The van der Waals surface area contributed by atoms with Crippen LogP contribution in [0.5, 0.6) is 0 Å². The van der Waals surface area contributed by atoms with Crippen molar-refractivity contribution >= 4 is 17.5 Å². The van der Waals surface area contributed by atoms with E-state index in [1.807, 2.05) is 6.07 Å². The molecule has 0 fully saturated rings. The molecule has 1 aromatic carbocycles. The molecular formula is C17H24N4. The van der Waals surface area contributed by atoms with Gasteiger partial charge in [0.1, 0.15) is 5.82 Å². The molecule has 0 aliphatic rings. The first-order valence-corrected chi connectivity index (χ1v) is 7.73. The van der Waals surface area contributed by atoms with Gasteiger partial charge >= 0.3 is 0 Å². The quantitative estimate of drug-likeness (QED) is 0.801. The number of benzene rings is 1. The first-order chi connectivity index (χ1) is 10.3. The highest BCUT2D eigenvalue weighted by atomic mass is 15.1. The van der Waals surface area contributed by atoms with Gasteiger partial charge in [0.05, 0.1) is 0 Å². The lowest BCUT2D eigenvalue weighted by molar-refractivity contribution is 0.953. The third-order valence-corrected chi connectivity index (χ3v) is 3.44. The van der Waals surface area contributed by atoms with Crippen LogP contribution in [0.25, 0.3) is 0 Å². The fourth-order valence-corrected chi connectivity index (χ4v) is 2.28. The van der Waals surface area contributed by atoms with Crippen molar-refractivity contribution in [1.82, 2.24) is 9.97 Å². The summed E-state index contributed by atoms with van der Waals surface area (Å²) in [6.07, 6.45) is 4.84. The highest BCUT2D eigenvalue weighted by Crippen LogP contribution is 2.25. The summed E-state index contributed by atoms with van der Waals surface area (Å²) in [5.74, 6) is 1.51. The maximum Gasteiger partial charge on any atom is 0.224 e. The second-order valence-electron chi connectivity index (χ2n) is 4.98. The summed E-state index contributed by atoms with van der Waals surface area (Å²) in [6.45, 7) is 7.36. The molecule has 112 valence electrons. The number of aryl methyl sites for hydroxylation is 2. The monoisotopic (exact) mass is 284 g/mol. The molecule has 0 saturated carbocycles. The van der Waals surface area contributed by atoms with Crippen LogP contribution in [-0.4, -0.2) is 16.5 Å². The van der Waals surface area contributed by atoms with E-state index in [1.165, 1.54) is 16.8 Å². The molecule has 1 heterocycles. The Hall–Kier alpha value is -2.10. The Morgan fingerprint density at radius 1 is 1.00 bits per heavy atom. The van der Waals surface area contributed by atoms with Crippen molar-refractivity contribution < 1.29 is 0 Å². The Morgan fingerprint density at radius 3 is 2.33 bits per heavy atom. The number of para-hydroxylation sites is 1. The van der Waals surface area contributed by atoms with Gasteiger partial charge in [0.2, 0.25) is 5.95 Å². The van der Waals surface area contributed by atoms with Crippen LogP contribution >= 0.6 is 0 Å². The number of nitrogens with zero attached hydrogens (tertiary/aromatic N) is 2. The lowest BCUT2D eigenvalue weighted by atomic mass is 10.0. The third-order valence-electron chi connectivity index (χ3n) is 3.44. The van der Waals surface area contributed by atoms with Crippen LogP contribution in [0.4, 0.5) is 17.5 Å². The zero-order valence-corrected chi connectivity index (χ0v) is 13.1. The number of nitrogens with one attached hydrogen (secondary N) is 2. The van der Waals surface area contributed by atoms with Gasteiger partial charge in [-0.3, -0.25) is 0 Å². The molecule has 0 aliphatic carbocycles. The average Bonchev–Trinajstić information content (AvgIpc) is 2.53. The predicted octanol–water partition coefficient (Wildman–Crippen LogP) is 4.17. The standard InChI is InChI=1S/C17H24N4/c1-4-11-18-17-19-12-10-15(21-17)20-16-13(5-2)8-7-9-14(16)6-3/h7-10,12H,4-6,11H2,1-3H3,(H2,18,19,20,21). The zero-order chi connectivity index (χ0) is 15.1. The van der Waals surface area contributed by atoms with Crippen molar-refractivity contribution in [2.75, 3.05) is 17.2 Å². The number of rotatable bonds is 7. The fourth-order valence-electron chi connectivity index (χ4n) is 2.28. The molecule has 0 saturated heterocycles. The van der Waals surface area contributed by atoms with Gasteiger partial charge in [-0.25, -0.2) is 4.98 Å². The molecular weight excluding hydrogens is 260 g/mol. The molecule has 0 unspecified atom stereocenters. The van der Waals surface area contributed by atoms with Gasteiger partial charge in [0.25, 0.3) is 0 Å². The van der Waals surface area contributed by atoms with Gasteiger partial charge in [0, 0.05) is 18.4 Å². The minimum atomic E-state index is 0.675. The van der Waals surface area contributed by atoms with Gasteiger partial charge < -0.3 is 10.6 Å². The summed E-state index contributed by atoms with van der Waals surface area (Å²) in [5.41, 5.74) is 3.81. The summed E-state index contributed by atoms with van der Waals surface area (Å²) in [5, 5.41) is 6.68. The molecule has 0 aliphatic heterocycles. The second kappa shape index (κ2) is 7.62. The first-order valence-electron chi connectivity index (χ1n) is 7.73. The second-order valence-corrected chi connectivity index (χ2v) is 4.98. The van der Waals surface area contributed by atoms with E-state index in [0.717, 1.165) is 31.6 Å². The van der Waals surface area contributed by atoms with Crippen molar-refractivity contribution in [3.8, 4) is 0 Å². The Morgan fingerprint density at radius 2 is 1.71 bits per heavy atom. The van der Waals surface area contributed by atoms with Crippen LogP contribution in [0, 0.1) is 0 Å². The van der Waals surface area contributed by atoms with E-state index in [-0.39, 0.29) is 0 Å². The molecule has 0 bridgehead atoms. The van der Waals surface area contributed by atoms with Gasteiger partial charge in [-0.1, -0.05) is 39.0 Å². The van der Waals surface area contributed by atoms with Crippen LogP contribution in [-0.2, 0) is 12.8 Å². The first kappa shape index (κ1) is 15.3. The molecule has 0 atom stereocenters. The number of hydrogen-bond donors (Lipinski definition) is 2. The highest BCUT2D eigenvalue weighted by molar-refractivity contribution is 5.65. The molecule has 4 heteroatoms. The number of aromatic nitrogens is 2. The topological polar surface area (TPSA) is 49.8 Å². The minimum absolute atomic E-state index is 0.675. The third kappa shape index (κ3) is 3.94. The molecule has 2 rings (SSSR count). The molecule has 0 spiro atoms. The van der Waals surface area contributed by atoms with Gasteiger partial charge in [-0.05, 0) is 36.5 Å². The van der Waals surface area contributed by atoms with E-state index in [0.29, 0.717) is 5.95 Å². The Labute approximate surface area is 127 Å². The summed E-state index contributed by atoms with van der Waals surface area (Å²) in [4.78, 5) is 8.76. The summed E-state index contributed by atoms with van der Waals surface area (Å²) >= 11 is 0. The van der Waals surface area contributed by atoms with Crippen LogP contribution in [0.15, 0.2) is 30.5 Å². The van der Waals surface area contributed by atoms with Gasteiger partial charge in [0.15, 0.2) is 0 Å². The Balaban J connectivity index is 2.25. The lowest BCUT2D eigenvalue weighted by Gasteiger charge is -2.15. The van der Waals surface area contributed by atoms with E-state index in [1.54, 1.807) is 6.20 Å². The van der Waals surface area contributed by atoms with E-state index < -0.39 is 0 Å². The molecule has 0 radical (unpaired) electrons. The van der Waals surface area contributed by atoms with Crippen molar-refractivity contribution in [3.05, 3.63) is 41.6 Å². The zero-order valence-electron chi connectivity index (χ0n) is 13.1. The van der Waals surface area contributed by atoms with E-state index in [2.05, 4.69) is 59.6 Å². The molecule has 1 aromatic heterocycles. The van der Waals surface area contributed by atoms with E-state index in [9.17, 15) is 0 Å². The maximum atomic E-state index is 4.52. The van der Waals surface area contributed by atoms with E-state index >= 15 is 0 Å². The van der Waals surface area contributed by atoms with Crippen molar-refractivity contribution in [1.29, 1.82) is 0 Å². The predicted molar refractivity (Wildman–Crippen MR) is 89.3 cm³/mol.